The van der Waals surface area contributed by atoms with Crippen LogP contribution in [0.2, 0.25) is 0 Å². The molecule has 0 radical (unpaired) electrons. The largest absolute Gasteiger partial charge is 0.493 e. The predicted molar refractivity (Wildman–Crippen MR) is 92.0 cm³/mol. The van der Waals surface area contributed by atoms with Crippen molar-refractivity contribution in [3.63, 3.8) is 0 Å². The van der Waals surface area contributed by atoms with Gasteiger partial charge in [0.05, 0.1) is 25.9 Å². The Hall–Kier alpha value is -3.35. The molecule has 0 bridgehead atoms. The van der Waals surface area contributed by atoms with E-state index in [9.17, 15) is 0 Å². The number of rotatable bonds is 4. The van der Waals surface area contributed by atoms with E-state index in [0.717, 1.165) is 22.0 Å². The number of anilines is 2. The van der Waals surface area contributed by atoms with Gasteiger partial charge in [0.2, 0.25) is 0 Å². The van der Waals surface area contributed by atoms with Gasteiger partial charge < -0.3 is 14.8 Å². The summed E-state index contributed by atoms with van der Waals surface area (Å²) in [6, 6.07) is 9.71. The van der Waals surface area contributed by atoms with Crippen molar-refractivity contribution in [3.8, 4) is 11.5 Å². The Morgan fingerprint density at radius 1 is 1.04 bits per heavy atom. The summed E-state index contributed by atoms with van der Waals surface area (Å²) in [5, 5.41) is 12.2. The van der Waals surface area contributed by atoms with Crippen LogP contribution in [0.25, 0.3) is 21.8 Å². The highest BCUT2D eigenvalue weighted by molar-refractivity contribution is 5.96. The second-order valence-electron chi connectivity index (χ2n) is 5.22. The Bertz CT molecular complexity index is 1030. The van der Waals surface area contributed by atoms with Gasteiger partial charge in [0, 0.05) is 16.5 Å². The maximum Gasteiger partial charge on any atom is 0.187 e. The van der Waals surface area contributed by atoms with Crippen LogP contribution >= 0.6 is 0 Å². The third-order valence-electron chi connectivity index (χ3n) is 3.85. The summed E-state index contributed by atoms with van der Waals surface area (Å²) >= 11 is 0. The lowest BCUT2D eigenvalue weighted by Crippen LogP contribution is -1.98. The molecule has 0 saturated carbocycles. The molecule has 24 heavy (non-hydrogen) atoms. The molecule has 7 heteroatoms. The molecule has 2 aromatic heterocycles. The lowest BCUT2D eigenvalue weighted by Gasteiger charge is -2.12. The quantitative estimate of drug-likeness (QED) is 0.600. The zero-order valence-electron chi connectivity index (χ0n) is 13.2. The first kappa shape index (κ1) is 14.3. The van der Waals surface area contributed by atoms with Crippen molar-refractivity contribution in [2.45, 2.75) is 0 Å². The monoisotopic (exact) mass is 321 g/mol. The molecule has 0 spiro atoms. The zero-order chi connectivity index (χ0) is 16.5. The van der Waals surface area contributed by atoms with Crippen LogP contribution in [0.1, 0.15) is 0 Å². The average molecular weight is 321 g/mol. The molecular weight excluding hydrogens is 306 g/mol. The molecule has 0 saturated heterocycles. The van der Waals surface area contributed by atoms with Crippen molar-refractivity contribution in [1.82, 2.24) is 20.2 Å². The van der Waals surface area contributed by atoms with E-state index < -0.39 is 0 Å². The Morgan fingerprint density at radius 3 is 2.79 bits per heavy atom. The van der Waals surface area contributed by atoms with Crippen molar-refractivity contribution in [2.24, 2.45) is 0 Å². The van der Waals surface area contributed by atoms with Crippen LogP contribution in [0.4, 0.5) is 11.5 Å². The van der Waals surface area contributed by atoms with Crippen molar-refractivity contribution >= 4 is 33.3 Å². The van der Waals surface area contributed by atoms with E-state index in [-0.39, 0.29) is 0 Å². The predicted octanol–water partition coefficient (Wildman–Crippen LogP) is 3.27. The first-order chi connectivity index (χ1) is 11.8. The average Bonchev–Trinajstić information content (AvgIpc) is 3.08. The number of hydrogen-bond donors (Lipinski definition) is 2. The molecule has 7 nitrogen and oxygen atoms in total. The van der Waals surface area contributed by atoms with Crippen LogP contribution in [0, 0.1) is 0 Å². The fraction of sp³-hybridized carbons (Fsp3) is 0.118. The number of H-pyrrole nitrogens is 1. The minimum Gasteiger partial charge on any atom is -0.493 e. The number of aromatic amines is 1. The Labute approximate surface area is 137 Å². The maximum absolute atomic E-state index is 5.45. The third kappa shape index (κ3) is 2.26. The summed E-state index contributed by atoms with van der Waals surface area (Å²) in [4.78, 5) is 8.69. The van der Waals surface area contributed by atoms with E-state index in [1.165, 1.54) is 6.33 Å². The number of benzene rings is 2. The molecule has 0 fully saturated rings. The fourth-order valence-electron chi connectivity index (χ4n) is 2.69. The van der Waals surface area contributed by atoms with Crippen LogP contribution in [-0.2, 0) is 0 Å². The molecule has 2 aromatic carbocycles. The molecule has 4 aromatic rings. The molecule has 0 aliphatic carbocycles. The molecule has 0 amide bonds. The smallest absolute Gasteiger partial charge is 0.187 e. The minimum atomic E-state index is 0.587. The normalized spacial score (nSPS) is 10.9. The maximum atomic E-state index is 5.45. The summed E-state index contributed by atoms with van der Waals surface area (Å²) < 4.78 is 10.8. The Balaban J connectivity index is 1.81. The Morgan fingerprint density at radius 2 is 1.96 bits per heavy atom. The summed E-state index contributed by atoms with van der Waals surface area (Å²) in [7, 11) is 3.20. The van der Waals surface area contributed by atoms with Crippen molar-refractivity contribution in [3.05, 3.63) is 42.9 Å². The van der Waals surface area contributed by atoms with E-state index in [0.29, 0.717) is 22.8 Å². The second kappa shape index (κ2) is 5.69. The van der Waals surface area contributed by atoms with Crippen molar-refractivity contribution < 1.29 is 9.47 Å². The SMILES string of the molecule is COc1ccc2c(Nc3ccc4cn[nH]c4c3)ncnc2c1OC. The highest BCUT2D eigenvalue weighted by Gasteiger charge is 2.13. The van der Waals surface area contributed by atoms with Crippen molar-refractivity contribution in [2.75, 3.05) is 19.5 Å². The summed E-state index contributed by atoms with van der Waals surface area (Å²) in [6.45, 7) is 0. The van der Waals surface area contributed by atoms with Crippen LogP contribution in [-0.4, -0.2) is 34.4 Å². The van der Waals surface area contributed by atoms with Gasteiger partial charge in [-0.1, -0.05) is 0 Å². The molecule has 120 valence electrons. The van der Waals surface area contributed by atoms with Crippen LogP contribution in [0.3, 0.4) is 0 Å². The minimum absolute atomic E-state index is 0.587. The third-order valence-corrected chi connectivity index (χ3v) is 3.85. The van der Waals surface area contributed by atoms with Gasteiger partial charge in [-0.25, -0.2) is 9.97 Å². The van der Waals surface area contributed by atoms with Gasteiger partial charge >= 0.3 is 0 Å². The molecule has 4 rings (SSSR count). The summed E-state index contributed by atoms with van der Waals surface area (Å²) in [6.07, 6.45) is 3.29. The number of nitrogens with zero attached hydrogens (tertiary/aromatic N) is 3. The number of hydrogen-bond acceptors (Lipinski definition) is 6. The van der Waals surface area contributed by atoms with Gasteiger partial charge in [0.25, 0.3) is 0 Å². The van der Waals surface area contributed by atoms with Gasteiger partial charge in [-0.05, 0) is 30.3 Å². The number of fused-ring (bicyclic) bond motifs is 2. The zero-order valence-corrected chi connectivity index (χ0v) is 13.2. The van der Waals surface area contributed by atoms with E-state index in [4.69, 9.17) is 9.47 Å². The molecule has 0 atom stereocenters. The van der Waals surface area contributed by atoms with Gasteiger partial charge in [-0.2, -0.15) is 5.10 Å². The van der Waals surface area contributed by atoms with Gasteiger partial charge in [0.1, 0.15) is 17.7 Å². The lowest BCUT2D eigenvalue weighted by molar-refractivity contribution is 0.358. The van der Waals surface area contributed by atoms with Crippen LogP contribution < -0.4 is 14.8 Å². The second-order valence-corrected chi connectivity index (χ2v) is 5.22. The number of ether oxygens (including phenoxy) is 2. The van der Waals surface area contributed by atoms with E-state index in [1.54, 1.807) is 20.4 Å². The molecular formula is C17H15N5O2. The molecule has 0 aliphatic rings. The van der Waals surface area contributed by atoms with Crippen LogP contribution in [0.5, 0.6) is 11.5 Å². The number of nitrogens with one attached hydrogen (secondary N) is 2. The molecule has 2 N–H and O–H groups in total. The van der Waals surface area contributed by atoms with Gasteiger partial charge in [-0.15, -0.1) is 0 Å². The van der Waals surface area contributed by atoms with E-state index >= 15 is 0 Å². The molecule has 0 unspecified atom stereocenters. The molecule has 2 heterocycles. The summed E-state index contributed by atoms with van der Waals surface area (Å²) in [5.74, 6) is 1.91. The standard InChI is InChI=1S/C17H15N5O2/c1-23-14-6-5-12-15(16(14)24-2)18-9-19-17(12)21-11-4-3-10-8-20-22-13(10)7-11/h3-9H,1-2H3,(H,20,22)(H,18,19,21). The Kier molecular flexibility index (Phi) is 3.38. The van der Waals surface area contributed by atoms with E-state index in [2.05, 4.69) is 25.5 Å². The molecule has 0 aliphatic heterocycles. The van der Waals surface area contributed by atoms with Crippen LogP contribution in [0.15, 0.2) is 42.9 Å². The number of methoxy groups -OCH3 is 2. The first-order valence-electron chi connectivity index (χ1n) is 7.36. The first-order valence-corrected chi connectivity index (χ1v) is 7.36. The van der Waals surface area contributed by atoms with Gasteiger partial charge in [-0.3, -0.25) is 5.10 Å². The fourth-order valence-corrected chi connectivity index (χ4v) is 2.69. The highest BCUT2D eigenvalue weighted by atomic mass is 16.5. The highest BCUT2D eigenvalue weighted by Crippen LogP contribution is 2.36. The lowest BCUT2D eigenvalue weighted by atomic mass is 10.2. The number of aromatic nitrogens is 4. The van der Waals surface area contributed by atoms with Gasteiger partial charge in [0.15, 0.2) is 11.5 Å². The topological polar surface area (TPSA) is 85.0 Å². The van der Waals surface area contributed by atoms with E-state index in [1.807, 2.05) is 30.3 Å². The summed E-state index contributed by atoms with van der Waals surface area (Å²) in [5.41, 5.74) is 2.55. The van der Waals surface area contributed by atoms with Crippen molar-refractivity contribution in [1.29, 1.82) is 0 Å².